The molecule has 3 N–H and O–H groups in total. The van der Waals surface area contributed by atoms with E-state index in [0.29, 0.717) is 5.75 Å². The lowest BCUT2D eigenvalue weighted by Crippen LogP contribution is -2.14. The number of hydrogen-bond donors (Lipinski definition) is 2. The highest BCUT2D eigenvalue weighted by atomic mass is 19.4. The summed E-state index contributed by atoms with van der Waals surface area (Å²) in [5.41, 5.74) is 6.15. The first-order valence-electron chi connectivity index (χ1n) is 5.97. The Labute approximate surface area is 119 Å². The fraction of sp³-hybridized carbons (Fsp3) is 0.231. The van der Waals surface area contributed by atoms with Gasteiger partial charge < -0.3 is 15.8 Å². The molecular formula is C13H13F3N4O. The average Bonchev–Trinajstić information content (AvgIpc) is 2.44. The lowest BCUT2D eigenvalue weighted by Gasteiger charge is -2.12. The third-order valence-corrected chi connectivity index (χ3v) is 2.65. The maximum absolute atomic E-state index is 12.6. The molecule has 8 heteroatoms. The van der Waals surface area contributed by atoms with Crippen molar-refractivity contribution in [3.63, 3.8) is 0 Å². The Bertz CT molecular complexity index is 631. The van der Waals surface area contributed by atoms with Crippen molar-refractivity contribution < 1.29 is 17.9 Å². The van der Waals surface area contributed by atoms with E-state index in [0.717, 1.165) is 5.56 Å². The van der Waals surface area contributed by atoms with Gasteiger partial charge in [-0.1, -0.05) is 18.2 Å². The van der Waals surface area contributed by atoms with Crippen LogP contribution >= 0.6 is 0 Å². The van der Waals surface area contributed by atoms with E-state index in [9.17, 15) is 13.2 Å². The molecule has 0 saturated carbocycles. The Balaban J connectivity index is 2.19. The number of ether oxygens (including phenoxy) is 1. The molecule has 1 heterocycles. The van der Waals surface area contributed by atoms with Crippen molar-refractivity contribution in [2.45, 2.75) is 12.7 Å². The third kappa shape index (κ3) is 3.74. The van der Waals surface area contributed by atoms with Gasteiger partial charge in [-0.05, 0) is 6.07 Å². The number of nitrogens with one attached hydrogen (secondary N) is 1. The Morgan fingerprint density at radius 2 is 1.95 bits per heavy atom. The van der Waals surface area contributed by atoms with Crippen LogP contribution in [0.25, 0.3) is 0 Å². The normalized spacial score (nSPS) is 11.2. The molecule has 5 nitrogen and oxygen atoms in total. The first-order chi connectivity index (χ1) is 9.90. The van der Waals surface area contributed by atoms with Crippen molar-refractivity contribution in [3.05, 3.63) is 41.7 Å². The fourth-order valence-electron chi connectivity index (χ4n) is 1.72. The smallest absolute Gasteiger partial charge is 0.451 e. The summed E-state index contributed by atoms with van der Waals surface area (Å²) in [4.78, 5) is 6.58. The summed E-state index contributed by atoms with van der Waals surface area (Å²) < 4.78 is 43.0. The number of nitrogens with zero attached hydrogens (tertiary/aromatic N) is 2. The van der Waals surface area contributed by atoms with Crippen LogP contribution < -0.4 is 15.8 Å². The average molecular weight is 298 g/mol. The molecule has 0 bridgehead atoms. The summed E-state index contributed by atoms with van der Waals surface area (Å²) in [7, 11) is 1.52. The monoisotopic (exact) mass is 298 g/mol. The van der Waals surface area contributed by atoms with Crippen LogP contribution in [-0.4, -0.2) is 17.1 Å². The minimum absolute atomic E-state index is 0.000677. The van der Waals surface area contributed by atoms with Crippen LogP contribution in [0.5, 0.6) is 5.75 Å². The zero-order valence-electron chi connectivity index (χ0n) is 11.1. The van der Waals surface area contributed by atoms with Crippen molar-refractivity contribution >= 4 is 11.6 Å². The van der Waals surface area contributed by atoms with E-state index in [2.05, 4.69) is 15.3 Å². The highest BCUT2D eigenvalue weighted by molar-refractivity contribution is 5.46. The summed E-state index contributed by atoms with van der Waals surface area (Å²) in [6, 6.07) is 8.39. The molecule has 21 heavy (non-hydrogen) atoms. The van der Waals surface area contributed by atoms with Gasteiger partial charge in [-0.2, -0.15) is 13.2 Å². The molecule has 1 aromatic heterocycles. The van der Waals surface area contributed by atoms with Crippen LogP contribution in [0, 0.1) is 0 Å². The standard InChI is InChI=1S/C13H13F3N4O/c1-21-9-5-3-2-4-8(9)7-18-11-6-10(17)19-12(20-11)13(14,15)16/h2-6H,7H2,1H3,(H3,17,18,19,20). The van der Waals surface area contributed by atoms with Crippen LogP contribution in [0.2, 0.25) is 0 Å². The van der Waals surface area contributed by atoms with Crippen molar-refractivity contribution in [1.29, 1.82) is 0 Å². The summed E-state index contributed by atoms with van der Waals surface area (Å²) in [6.45, 7) is 0.248. The largest absolute Gasteiger partial charge is 0.496 e. The van der Waals surface area contributed by atoms with Gasteiger partial charge in [-0.3, -0.25) is 0 Å². The Hall–Kier alpha value is -2.51. The topological polar surface area (TPSA) is 73.1 Å². The number of para-hydroxylation sites is 1. The lowest BCUT2D eigenvalue weighted by atomic mass is 10.2. The number of halogens is 3. The van der Waals surface area contributed by atoms with Gasteiger partial charge in [0.1, 0.15) is 17.4 Å². The van der Waals surface area contributed by atoms with E-state index >= 15 is 0 Å². The van der Waals surface area contributed by atoms with E-state index in [1.165, 1.54) is 13.2 Å². The zero-order valence-corrected chi connectivity index (χ0v) is 11.1. The molecule has 2 aromatic rings. The van der Waals surface area contributed by atoms with Crippen LogP contribution in [0.15, 0.2) is 30.3 Å². The number of aromatic nitrogens is 2. The van der Waals surface area contributed by atoms with E-state index in [-0.39, 0.29) is 18.2 Å². The maximum Gasteiger partial charge on any atom is 0.451 e. The number of hydrogen-bond acceptors (Lipinski definition) is 5. The number of alkyl halides is 3. The van der Waals surface area contributed by atoms with Crippen LogP contribution in [0.3, 0.4) is 0 Å². The first kappa shape index (κ1) is 14.9. The molecule has 112 valence electrons. The second-order valence-electron chi connectivity index (χ2n) is 4.16. The second-order valence-corrected chi connectivity index (χ2v) is 4.16. The maximum atomic E-state index is 12.6. The molecule has 0 spiro atoms. The van der Waals surface area contributed by atoms with Crippen molar-refractivity contribution in [1.82, 2.24) is 9.97 Å². The predicted octanol–water partition coefficient (Wildman–Crippen LogP) is 2.70. The fourth-order valence-corrected chi connectivity index (χ4v) is 1.72. The number of rotatable bonds is 4. The minimum atomic E-state index is -4.64. The molecule has 0 unspecified atom stereocenters. The van der Waals surface area contributed by atoms with Gasteiger partial charge >= 0.3 is 6.18 Å². The van der Waals surface area contributed by atoms with Crippen LogP contribution in [0.4, 0.5) is 24.8 Å². The third-order valence-electron chi connectivity index (χ3n) is 2.65. The number of methoxy groups -OCH3 is 1. The quantitative estimate of drug-likeness (QED) is 0.908. The Morgan fingerprint density at radius 1 is 1.24 bits per heavy atom. The van der Waals surface area contributed by atoms with Gasteiger partial charge in [0.05, 0.1) is 7.11 Å². The van der Waals surface area contributed by atoms with E-state index in [1.54, 1.807) is 24.3 Å². The summed E-state index contributed by atoms with van der Waals surface area (Å²) in [5.74, 6) is -0.895. The lowest BCUT2D eigenvalue weighted by molar-refractivity contribution is -0.144. The van der Waals surface area contributed by atoms with Crippen LogP contribution in [0.1, 0.15) is 11.4 Å². The Morgan fingerprint density at radius 3 is 2.62 bits per heavy atom. The molecule has 0 aliphatic rings. The molecule has 0 atom stereocenters. The second kappa shape index (κ2) is 5.86. The SMILES string of the molecule is COc1ccccc1CNc1cc(N)nc(C(F)(F)F)n1. The first-order valence-corrected chi connectivity index (χ1v) is 5.97. The number of anilines is 2. The molecule has 0 fully saturated rings. The summed E-state index contributed by atoms with van der Waals surface area (Å²) in [6.07, 6.45) is -4.64. The zero-order chi connectivity index (χ0) is 15.5. The molecule has 1 aromatic carbocycles. The van der Waals surface area contributed by atoms with Crippen molar-refractivity contribution in [2.24, 2.45) is 0 Å². The molecule has 0 saturated heterocycles. The summed E-state index contributed by atoms with van der Waals surface area (Å²) >= 11 is 0. The molecule has 0 aliphatic heterocycles. The van der Waals surface area contributed by atoms with Gasteiger partial charge in [-0.15, -0.1) is 0 Å². The molecule has 0 radical (unpaired) electrons. The summed E-state index contributed by atoms with van der Waals surface area (Å²) in [5, 5.41) is 2.78. The van der Waals surface area contributed by atoms with Gasteiger partial charge in [0.15, 0.2) is 0 Å². The highest BCUT2D eigenvalue weighted by Gasteiger charge is 2.35. The predicted molar refractivity (Wildman–Crippen MR) is 71.8 cm³/mol. The van der Waals surface area contributed by atoms with E-state index in [1.807, 2.05) is 0 Å². The van der Waals surface area contributed by atoms with E-state index < -0.39 is 12.0 Å². The van der Waals surface area contributed by atoms with Crippen molar-refractivity contribution in [2.75, 3.05) is 18.2 Å². The molecule has 0 aliphatic carbocycles. The van der Waals surface area contributed by atoms with Crippen molar-refractivity contribution in [3.8, 4) is 5.75 Å². The van der Waals surface area contributed by atoms with Crippen LogP contribution in [-0.2, 0) is 12.7 Å². The van der Waals surface area contributed by atoms with Gasteiger partial charge in [0.25, 0.3) is 0 Å². The highest BCUT2D eigenvalue weighted by Crippen LogP contribution is 2.28. The number of nitrogen functional groups attached to an aromatic ring is 1. The van der Waals surface area contributed by atoms with Gasteiger partial charge in [0, 0.05) is 18.2 Å². The van der Waals surface area contributed by atoms with Gasteiger partial charge in [-0.25, -0.2) is 9.97 Å². The van der Waals surface area contributed by atoms with E-state index in [4.69, 9.17) is 10.5 Å². The number of nitrogens with two attached hydrogens (primary N) is 1. The Kier molecular flexibility index (Phi) is 4.15. The molecule has 0 amide bonds. The number of benzene rings is 1. The minimum Gasteiger partial charge on any atom is -0.496 e. The molecule has 2 rings (SSSR count). The molecular weight excluding hydrogens is 285 g/mol. The van der Waals surface area contributed by atoms with Gasteiger partial charge in [0.2, 0.25) is 5.82 Å².